The fourth-order valence-electron chi connectivity index (χ4n) is 15.2. The number of fused-ring (bicyclic) bond motifs is 20. The van der Waals surface area contributed by atoms with E-state index in [1.54, 1.807) is 10.4 Å². The molecule has 1 atom stereocenters. The molecular weight excluding hydrogens is 909 g/mol. The Morgan fingerprint density at radius 1 is 0.260 bits per heavy atom. The minimum Gasteiger partial charge on any atom is -0.0623 e. The van der Waals surface area contributed by atoms with E-state index in [0.717, 1.165) is 0 Å². The van der Waals surface area contributed by atoms with Crippen molar-refractivity contribution in [1.82, 2.24) is 0 Å². The monoisotopic (exact) mass is 958 g/mol. The molecule has 342 valence electrons. The Bertz CT molecular complexity index is 4290. The van der Waals surface area contributed by atoms with E-state index in [9.17, 15) is 0 Å². The lowest BCUT2D eigenvalue weighted by Gasteiger charge is -2.31. The van der Waals surface area contributed by atoms with E-state index >= 15 is 0 Å². The molecule has 73 heavy (non-hydrogen) atoms. The Morgan fingerprint density at radius 3 is 1.29 bits per heavy atom. The van der Waals surface area contributed by atoms with Gasteiger partial charge in [-0.1, -0.05) is 251 Å². The van der Waals surface area contributed by atoms with Crippen LogP contribution in [0.1, 0.15) is 22.3 Å². The van der Waals surface area contributed by atoms with E-state index in [1.165, 1.54) is 143 Å². The highest BCUT2D eigenvalue weighted by Gasteiger charge is 2.53. The second kappa shape index (κ2) is 14.5. The van der Waals surface area contributed by atoms with Crippen LogP contribution in [0, 0.1) is 0 Å². The molecule has 2 heteroatoms. The molecule has 0 radical (unpaired) electrons. The van der Waals surface area contributed by atoms with Gasteiger partial charge in [0.25, 0.3) is 0 Å². The Kier molecular flexibility index (Phi) is 8.24. The predicted octanol–water partition coefficient (Wildman–Crippen LogP) is 16.1. The molecule has 0 N–H and O–H groups in total. The van der Waals surface area contributed by atoms with Crippen molar-refractivity contribution in [2.24, 2.45) is 0 Å². The summed E-state index contributed by atoms with van der Waals surface area (Å²) in [7, 11) is -4.19. The molecule has 0 nitrogen and oxygen atoms in total. The third-order valence-corrected chi connectivity index (χ3v) is 25.2. The molecule has 2 heterocycles. The minimum atomic E-state index is -2.10. The first-order valence-corrected chi connectivity index (χ1v) is 32.1. The summed E-state index contributed by atoms with van der Waals surface area (Å²) in [5.74, 6) is 0. The topological polar surface area (TPSA) is 0 Å². The molecule has 4 aliphatic rings. The van der Waals surface area contributed by atoms with Gasteiger partial charge in [0, 0.05) is 0 Å². The molecule has 0 amide bonds. The largest absolute Gasteiger partial charge is 0.114 e. The smallest absolute Gasteiger partial charge is 0.0623 e. The van der Waals surface area contributed by atoms with Crippen molar-refractivity contribution in [3.05, 3.63) is 253 Å². The van der Waals surface area contributed by atoms with Gasteiger partial charge in [0.05, 0.1) is 5.41 Å². The standard InChI is InChI=1S/C71H50Si2/c1-72(2)64-38-13-9-23-48(64)55-32-17-30-53(69(55)72)45-26-15-28-50-59(45)42-60-46(54-31-18-33-56-49-24-10-14-39-65(49)73(3,4)70(54)56)27-16-29-51(60)66(50)58-34-19-37-63-67(58)57-25-8-12-36-62(57)71(63)61-35-11-7-22-47(61)52-41-40-43-20-5-6-21-44(43)68(52)71/h5-42H,1-4H3. The number of hydrogen-bond acceptors (Lipinski definition) is 0. The number of benzene rings is 12. The Morgan fingerprint density at radius 2 is 0.671 bits per heavy atom. The molecule has 1 unspecified atom stereocenters. The zero-order valence-corrected chi connectivity index (χ0v) is 43.4. The van der Waals surface area contributed by atoms with Crippen LogP contribution in [0.5, 0.6) is 0 Å². The molecule has 1 spiro atoms. The number of rotatable bonds is 3. The summed E-state index contributed by atoms with van der Waals surface area (Å²) >= 11 is 0. The minimum absolute atomic E-state index is 0.503. The van der Waals surface area contributed by atoms with Crippen molar-refractivity contribution in [1.29, 1.82) is 0 Å². The van der Waals surface area contributed by atoms with E-state index in [-0.39, 0.29) is 0 Å². The third kappa shape index (κ3) is 5.15. The first-order chi connectivity index (χ1) is 35.8. The molecule has 2 aliphatic carbocycles. The maximum Gasteiger partial charge on any atom is 0.114 e. The molecule has 12 aromatic rings. The second-order valence-electron chi connectivity index (χ2n) is 22.1. The van der Waals surface area contributed by atoms with Gasteiger partial charge in [-0.05, 0) is 159 Å². The van der Waals surface area contributed by atoms with Crippen LogP contribution in [0.15, 0.2) is 231 Å². The first kappa shape index (κ1) is 41.5. The maximum absolute atomic E-state index is 2.60. The van der Waals surface area contributed by atoms with Gasteiger partial charge in [0.2, 0.25) is 0 Å². The van der Waals surface area contributed by atoms with Crippen LogP contribution < -0.4 is 20.7 Å². The Labute approximate surface area is 428 Å². The highest BCUT2D eigenvalue weighted by Crippen LogP contribution is 2.65. The Balaban J connectivity index is 1.05. The number of hydrogen-bond donors (Lipinski definition) is 0. The summed E-state index contributed by atoms with van der Waals surface area (Å²) in [4.78, 5) is 0. The van der Waals surface area contributed by atoms with Crippen LogP contribution in [0.4, 0.5) is 0 Å². The van der Waals surface area contributed by atoms with Crippen LogP contribution in [0.3, 0.4) is 0 Å². The lowest BCUT2D eigenvalue weighted by atomic mass is 9.69. The van der Waals surface area contributed by atoms with Crippen LogP contribution in [0.2, 0.25) is 26.2 Å². The zero-order valence-electron chi connectivity index (χ0n) is 41.4. The summed E-state index contributed by atoms with van der Waals surface area (Å²) in [5, 5.41) is 14.0. The van der Waals surface area contributed by atoms with Crippen LogP contribution in [-0.2, 0) is 5.41 Å². The summed E-state index contributed by atoms with van der Waals surface area (Å²) in [5.41, 5.74) is 23.9. The van der Waals surface area contributed by atoms with Gasteiger partial charge in [-0.2, -0.15) is 0 Å². The average Bonchev–Trinajstić information content (AvgIpc) is 4.08. The zero-order chi connectivity index (χ0) is 48.5. The van der Waals surface area contributed by atoms with Crippen molar-refractivity contribution in [2.45, 2.75) is 31.6 Å². The highest BCUT2D eigenvalue weighted by atomic mass is 28.3. The van der Waals surface area contributed by atoms with Gasteiger partial charge in [-0.15, -0.1) is 0 Å². The lowest BCUT2D eigenvalue weighted by molar-refractivity contribution is 0.801. The maximum atomic E-state index is 2.60. The highest BCUT2D eigenvalue weighted by molar-refractivity contribution is 7.05. The lowest BCUT2D eigenvalue weighted by Crippen LogP contribution is -2.50. The quantitative estimate of drug-likeness (QED) is 0.122. The van der Waals surface area contributed by atoms with E-state index in [2.05, 4.69) is 257 Å². The van der Waals surface area contributed by atoms with Crippen LogP contribution in [0.25, 0.3) is 110 Å². The van der Waals surface area contributed by atoms with E-state index in [1.807, 2.05) is 0 Å². The average molecular weight is 959 g/mol. The summed E-state index contributed by atoms with van der Waals surface area (Å²) < 4.78 is 0. The van der Waals surface area contributed by atoms with Crippen LogP contribution >= 0.6 is 0 Å². The third-order valence-electron chi connectivity index (χ3n) is 18.0. The Hall–Kier alpha value is -8.15. The van der Waals surface area contributed by atoms with Gasteiger partial charge in [0.1, 0.15) is 16.1 Å². The molecule has 0 aromatic heterocycles. The molecule has 16 rings (SSSR count). The van der Waals surface area contributed by atoms with E-state index < -0.39 is 21.6 Å². The second-order valence-corrected chi connectivity index (χ2v) is 30.7. The molecule has 0 bridgehead atoms. The predicted molar refractivity (Wildman–Crippen MR) is 316 cm³/mol. The SMILES string of the molecule is C[Si]1(C)c2ccccc2-c2cccc(-c3cccc4c(-c5cccc6c5-c5ccccc5C65c6ccccc6-c6ccc7ccccc7c65)c5cccc(-c6cccc7c6[Si](C)(C)c6ccccc6-7)c5cc34)c21. The summed E-state index contributed by atoms with van der Waals surface area (Å²) in [6.07, 6.45) is 0. The fourth-order valence-corrected chi connectivity index (χ4v) is 22.2. The van der Waals surface area contributed by atoms with Crippen molar-refractivity contribution in [3.63, 3.8) is 0 Å². The summed E-state index contributed by atoms with van der Waals surface area (Å²) in [6.45, 7) is 10.3. The van der Waals surface area contributed by atoms with Gasteiger partial charge >= 0.3 is 0 Å². The summed E-state index contributed by atoms with van der Waals surface area (Å²) in [6, 6.07) is 89.4. The fraction of sp³-hybridized carbons (Fsp3) is 0.0704. The van der Waals surface area contributed by atoms with Gasteiger partial charge < -0.3 is 0 Å². The van der Waals surface area contributed by atoms with Crippen molar-refractivity contribution >= 4 is 69.2 Å². The molecular formula is C71H50Si2. The molecule has 0 fully saturated rings. The van der Waals surface area contributed by atoms with Crippen molar-refractivity contribution in [3.8, 4) is 77.9 Å². The van der Waals surface area contributed by atoms with Gasteiger partial charge in [0.15, 0.2) is 0 Å². The van der Waals surface area contributed by atoms with E-state index in [4.69, 9.17) is 0 Å². The first-order valence-electron chi connectivity index (χ1n) is 26.1. The van der Waals surface area contributed by atoms with E-state index in [0.29, 0.717) is 0 Å². The molecule has 0 saturated heterocycles. The van der Waals surface area contributed by atoms with Gasteiger partial charge in [-0.3, -0.25) is 0 Å². The normalized spacial score (nSPS) is 16.5. The molecule has 12 aromatic carbocycles. The van der Waals surface area contributed by atoms with Gasteiger partial charge in [-0.25, -0.2) is 0 Å². The van der Waals surface area contributed by atoms with Crippen LogP contribution in [-0.4, -0.2) is 16.1 Å². The molecule has 2 aliphatic heterocycles. The molecule has 0 saturated carbocycles. The van der Waals surface area contributed by atoms with Crippen molar-refractivity contribution in [2.75, 3.05) is 0 Å². The van der Waals surface area contributed by atoms with Crippen molar-refractivity contribution < 1.29 is 0 Å².